The first-order valence-corrected chi connectivity index (χ1v) is 12.1. The zero-order valence-corrected chi connectivity index (χ0v) is 20.1. The Morgan fingerprint density at radius 1 is 1.13 bits per heavy atom. The van der Waals surface area contributed by atoms with Gasteiger partial charge < -0.3 is 4.74 Å². The van der Waals surface area contributed by atoms with Gasteiger partial charge in [0.1, 0.15) is 10.6 Å². The van der Waals surface area contributed by atoms with E-state index in [1.807, 2.05) is 30.3 Å². The van der Waals surface area contributed by atoms with Gasteiger partial charge in [-0.25, -0.2) is 4.98 Å². The highest BCUT2D eigenvalue weighted by Crippen LogP contribution is 2.36. The number of halogens is 1. The molecule has 2 aromatic heterocycles. The molecule has 0 saturated carbocycles. The van der Waals surface area contributed by atoms with Crippen LogP contribution in [0.25, 0.3) is 21.3 Å². The zero-order chi connectivity index (χ0) is 21.8. The molecule has 0 bridgehead atoms. The highest BCUT2D eigenvalue weighted by molar-refractivity contribution is 9.10. The van der Waals surface area contributed by atoms with Crippen molar-refractivity contribution in [2.24, 2.45) is 0 Å². The molecule has 0 amide bonds. The molecule has 0 aliphatic heterocycles. The molecule has 0 atom stereocenters. The summed E-state index contributed by atoms with van der Waals surface area (Å²) in [4.78, 5) is 20.0. The molecule has 0 aliphatic carbocycles. The first kappa shape index (κ1) is 21.8. The summed E-state index contributed by atoms with van der Waals surface area (Å²) in [6.45, 7) is 5.45. The van der Waals surface area contributed by atoms with Crippen LogP contribution in [0.5, 0.6) is 5.75 Å². The van der Waals surface area contributed by atoms with Gasteiger partial charge in [0.2, 0.25) is 0 Å². The van der Waals surface area contributed by atoms with Crippen molar-refractivity contribution in [2.45, 2.75) is 39.7 Å². The maximum absolute atomic E-state index is 13.3. The summed E-state index contributed by atoms with van der Waals surface area (Å²) in [6, 6.07) is 16.2. The van der Waals surface area contributed by atoms with Gasteiger partial charge in [0, 0.05) is 21.5 Å². The normalized spacial score (nSPS) is 11.2. The summed E-state index contributed by atoms with van der Waals surface area (Å²) in [5.74, 6) is 0.893. The first-order valence-electron chi connectivity index (χ1n) is 10.5. The molecular weight excluding hydrogens is 472 g/mol. The van der Waals surface area contributed by atoms with Gasteiger partial charge in [0.25, 0.3) is 5.56 Å². The molecule has 4 aromatic rings. The van der Waals surface area contributed by atoms with Gasteiger partial charge in [0.15, 0.2) is 0 Å². The van der Waals surface area contributed by atoms with Crippen molar-refractivity contribution in [1.82, 2.24) is 9.55 Å². The molecular formula is C25H25BrN2O2S. The molecule has 31 heavy (non-hydrogen) atoms. The first-order chi connectivity index (χ1) is 15.1. The van der Waals surface area contributed by atoms with Crippen LogP contribution in [0.1, 0.15) is 30.2 Å². The molecule has 2 heterocycles. The number of unbranched alkanes of at least 4 members (excludes halogenated alkanes) is 1. The van der Waals surface area contributed by atoms with E-state index in [4.69, 9.17) is 4.74 Å². The zero-order valence-electron chi connectivity index (χ0n) is 17.7. The minimum absolute atomic E-state index is 0.0403. The van der Waals surface area contributed by atoms with Crippen molar-refractivity contribution in [2.75, 3.05) is 6.61 Å². The number of hydrogen-bond donors (Lipinski definition) is 0. The number of aryl methyl sites for hydroxylation is 3. The van der Waals surface area contributed by atoms with Gasteiger partial charge in [-0.15, -0.1) is 11.3 Å². The van der Waals surface area contributed by atoms with Gasteiger partial charge in [-0.3, -0.25) is 9.36 Å². The fourth-order valence-electron chi connectivity index (χ4n) is 3.68. The predicted octanol–water partition coefficient (Wildman–Crippen LogP) is 6.62. The molecule has 160 valence electrons. The maximum atomic E-state index is 13.3. The standard InChI is InChI=1S/C25H25BrN2O2S/c1-3-21-22(18-9-11-19(26)12-10-18)23-24(31-21)27-16-28(25(23)29)13-4-5-14-30-20-8-6-7-17(2)15-20/h6-12,15-16H,3-5,13-14H2,1-2H3. The summed E-state index contributed by atoms with van der Waals surface area (Å²) in [5.41, 5.74) is 3.32. The van der Waals surface area contributed by atoms with Crippen LogP contribution in [0.3, 0.4) is 0 Å². The smallest absolute Gasteiger partial charge is 0.262 e. The quantitative estimate of drug-likeness (QED) is 0.257. The molecule has 0 saturated heterocycles. The third kappa shape index (κ3) is 4.91. The fraction of sp³-hybridized carbons (Fsp3) is 0.280. The van der Waals surface area contributed by atoms with Crippen molar-refractivity contribution >= 4 is 37.5 Å². The van der Waals surface area contributed by atoms with Gasteiger partial charge in [-0.1, -0.05) is 47.1 Å². The minimum Gasteiger partial charge on any atom is -0.494 e. The fourth-order valence-corrected chi connectivity index (χ4v) is 5.04. The number of benzene rings is 2. The van der Waals surface area contributed by atoms with Gasteiger partial charge in [-0.05, 0) is 61.6 Å². The Morgan fingerprint density at radius 2 is 1.94 bits per heavy atom. The average molecular weight is 497 g/mol. The second-order valence-corrected chi connectivity index (χ2v) is 9.56. The van der Waals surface area contributed by atoms with E-state index in [9.17, 15) is 4.79 Å². The summed E-state index contributed by atoms with van der Waals surface area (Å²) in [7, 11) is 0. The van der Waals surface area contributed by atoms with E-state index in [0.29, 0.717) is 13.2 Å². The minimum atomic E-state index is 0.0403. The Hall–Kier alpha value is -2.44. The van der Waals surface area contributed by atoms with Crippen LogP contribution in [0.2, 0.25) is 0 Å². The van der Waals surface area contributed by atoms with Crippen molar-refractivity contribution < 1.29 is 4.74 Å². The number of aromatic nitrogens is 2. The predicted molar refractivity (Wildman–Crippen MR) is 132 cm³/mol. The molecule has 0 spiro atoms. The third-order valence-electron chi connectivity index (χ3n) is 5.26. The number of ether oxygens (including phenoxy) is 1. The maximum Gasteiger partial charge on any atom is 0.262 e. The summed E-state index contributed by atoms with van der Waals surface area (Å²) >= 11 is 5.11. The van der Waals surface area contributed by atoms with E-state index in [-0.39, 0.29) is 5.56 Å². The molecule has 0 aliphatic rings. The van der Waals surface area contributed by atoms with E-state index in [1.54, 1.807) is 22.2 Å². The van der Waals surface area contributed by atoms with Crippen molar-refractivity contribution in [3.05, 3.63) is 80.1 Å². The molecule has 0 N–H and O–H groups in total. The topological polar surface area (TPSA) is 44.1 Å². The van der Waals surface area contributed by atoms with Crippen LogP contribution < -0.4 is 10.3 Å². The highest BCUT2D eigenvalue weighted by atomic mass is 79.9. The van der Waals surface area contributed by atoms with Crippen molar-refractivity contribution in [1.29, 1.82) is 0 Å². The van der Waals surface area contributed by atoms with Crippen LogP contribution in [0.15, 0.2) is 64.1 Å². The second-order valence-electron chi connectivity index (χ2n) is 7.56. The number of thiophene rings is 1. The number of nitrogens with zero attached hydrogens (tertiary/aromatic N) is 2. The highest BCUT2D eigenvalue weighted by Gasteiger charge is 2.18. The number of hydrogen-bond acceptors (Lipinski definition) is 4. The lowest BCUT2D eigenvalue weighted by Crippen LogP contribution is -2.20. The van der Waals surface area contributed by atoms with Crippen LogP contribution in [0, 0.1) is 6.92 Å². The van der Waals surface area contributed by atoms with Gasteiger partial charge >= 0.3 is 0 Å². The molecule has 0 radical (unpaired) electrons. The summed E-state index contributed by atoms with van der Waals surface area (Å²) in [5, 5.41) is 0.739. The lowest BCUT2D eigenvalue weighted by atomic mass is 10.0. The molecule has 0 fully saturated rings. The monoisotopic (exact) mass is 496 g/mol. The summed E-state index contributed by atoms with van der Waals surface area (Å²) in [6.07, 6.45) is 4.30. The van der Waals surface area contributed by atoms with Crippen molar-refractivity contribution in [3.8, 4) is 16.9 Å². The van der Waals surface area contributed by atoms with Crippen molar-refractivity contribution in [3.63, 3.8) is 0 Å². The molecule has 0 unspecified atom stereocenters. The van der Waals surface area contributed by atoms with Crippen LogP contribution >= 0.6 is 27.3 Å². The van der Waals surface area contributed by atoms with Crippen LogP contribution in [-0.2, 0) is 13.0 Å². The molecule has 4 rings (SSSR count). The van der Waals surface area contributed by atoms with E-state index >= 15 is 0 Å². The van der Waals surface area contributed by atoms with E-state index in [1.165, 1.54) is 10.4 Å². The van der Waals surface area contributed by atoms with E-state index in [2.05, 4.69) is 53.0 Å². The van der Waals surface area contributed by atoms with E-state index in [0.717, 1.165) is 50.8 Å². The van der Waals surface area contributed by atoms with Gasteiger partial charge in [-0.2, -0.15) is 0 Å². The number of fused-ring (bicyclic) bond motifs is 1. The molecule has 2 aromatic carbocycles. The molecule has 4 nitrogen and oxygen atoms in total. The Kier molecular flexibility index (Phi) is 6.88. The SMILES string of the molecule is CCc1sc2ncn(CCCCOc3cccc(C)c3)c(=O)c2c1-c1ccc(Br)cc1. The Labute approximate surface area is 194 Å². The lowest BCUT2D eigenvalue weighted by molar-refractivity contribution is 0.302. The Balaban J connectivity index is 1.51. The molecule has 6 heteroatoms. The number of rotatable bonds is 8. The lowest BCUT2D eigenvalue weighted by Gasteiger charge is -2.09. The van der Waals surface area contributed by atoms with Gasteiger partial charge in [0.05, 0.1) is 18.3 Å². The van der Waals surface area contributed by atoms with Crippen LogP contribution in [-0.4, -0.2) is 16.2 Å². The van der Waals surface area contributed by atoms with E-state index < -0.39 is 0 Å². The third-order valence-corrected chi connectivity index (χ3v) is 7.03. The average Bonchev–Trinajstić information content (AvgIpc) is 3.15. The largest absolute Gasteiger partial charge is 0.494 e. The van der Waals surface area contributed by atoms with Crippen LogP contribution in [0.4, 0.5) is 0 Å². The summed E-state index contributed by atoms with van der Waals surface area (Å²) < 4.78 is 8.59. The second kappa shape index (κ2) is 9.79. The Bertz CT molecular complexity index is 1240. The Morgan fingerprint density at radius 3 is 2.68 bits per heavy atom.